The number of carbonyl (C=O) groups excluding carboxylic acids is 1. The number of sulfonamides is 1. The Morgan fingerprint density at radius 1 is 1.15 bits per heavy atom. The highest BCUT2D eigenvalue weighted by Crippen LogP contribution is 2.40. The van der Waals surface area contributed by atoms with Crippen molar-refractivity contribution in [3.8, 4) is 22.9 Å². The number of amides is 1. The van der Waals surface area contributed by atoms with Gasteiger partial charge in [0.15, 0.2) is 0 Å². The molecule has 46 heavy (non-hydrogen) atoms. The molecule has 5 rings (SSSR count). The van der Waals surface area contributed by atoms with E-state index in [-0.39, 0.29) is 24.3 Å². The largest absolute Gasteiger partial charge is 0.491 e. The number of aromatic nitrogens is 3. The van der Waals surface area contributed by atoms with E-state index in [2.05, 4.69) is 16.0 Å². The van der Waals surface area contributed by atoms with Crippen LogP contribution in [0.2, 0.25) is 5.02 Å². The van der Waals surface area contributed by atoms with Crippen LogP contribution in [0.5, 0.6) is 5.75 Å². The van der Waals surface area contributed by atoms with E-state index in [1.807, 2.05) is 35.9 Å². The highest BCUT2D eigenvalue weighted by molar-refractivity contribution is 7.89. The zero-order valence-corrected chi connectivity index (χ0v) is 28.2. The second-order valence-electron chi connectivity index (χ2n) is 11.1. The van der Waals surface area contributed by atoms with Crippen LogP contribution in [0, 0.1) is 25.2 Å². The van der Waals surface area contributed by atoms with Crippen molar-refractivity contribution in [2.75, 3.05) is 33.5 Å². The summed E-state index contributed by atoms with van der Waals surface area (Å²) in [6.07, 6.45) is 1.53. The molecular formula is C32H31ClN6O5S2. The Kier molecular flexibility index (Phi) is 9.46. The highest BCUT2D eigenvalue weighted by atomic mass is 35.5. The molecule has 0 fully saturated rings. The van der Waals surface area contributed by atoms with E-state index in [0.717, 1.165) is 18.4 Å². The molecule has 1 N–H and O–H groups in total. The summed E-state index contributed by atoms with van der Waals surface area (Å²) in [4.78, 5) is 37.6. The maximum absolute atomic E-state index is 13.7. The maximum atomic E-state index is 13.7. The third-order valence-corrected chi connectivity index (χ3v) is 9.11. The second-order valence-corrected chi connectivity index (χ2v) is 14.2. The van der Waals surface area contributed by atoms with Crippen molar-refractivity contribution >= 4 is 60.0 Å². The predicted octanol–water partition coefficient (Wildman–Crippen LogP) is 4.69. The Morgan fingerprint density at radius 2 is 1.91 bits per heavy atom. The molecule has 0 atom stereocenters. The molecule has 14 heteroatoms. The summed E-state index contributed by atoms with van der Waals surface area (Å²) in [5.41, 5.74) is 3.73. The fourth-order valence-electron chi connectivity index (χ4n) is 5.21. The molecule has 3 heterocycles. The summed E-state index contributed by atoms with van der Waals surface area (Å²) in [7, 11) is 0.131. The molecule has 11 nitrogen and oxygen atoms in total. The van der Waals surface area contributed by atoms with Crippen LogP contribution >= 0.6 is 22.9 Å². The van der Waals surface area contributed by atoms with E-state index in [0.29, 0.717) is 66.5 Å². The van der Waals surface area contributed by atoms with Gasteiger partial charge in [0.05, 0.1) is 45.0 Å². The number of carbonyl (C=O) groups is 1. The minimum Gasteiger partial charge on any atom is -0.491 e. The summed E-state index contributed by atoms with van der Waals surface area (Å²) in [6, 6.07) is 12.9. The fraction of sp³-hybridized carbons (Fsp3) is 0.281. The second kappa shape index (κ2) is 13.2. The van der Waals surface area contributed by atoms with Crippen molar-refractivity contribution in [1.82, 2.24) is 24.2 Å². The van der Waals surface area contributed by atoms with Gasteiger partial charge in [-0.15, -0.1) is 11.3 Å². The topological polar surface area (TPSA) is 147 Å². The molecule has 2 aromatic carbocycles. The van der Waals surface area contributed by atoms with Crippen molar-refractivity contribution in [2.45, 2.75) is 26.8 Å². The molecule has 238 valence electrons. The lowest BCUT2D eigenvalue weighted by atomic mass is 10.0. The predicted molar refractivity (Wildman–Crippen MR) is 180 cm³/mol. The molecule has 0 radical (unpaired) electrons. The minimum atomic E-state index is -3.77. The Bertz CT molecular complexity index is 2220. The monoisotopic (exact) mass is 678 g/mol. The van der Waals surface area contributed by atoms with Gasteiger partial charge in [-0.1, -0.05) is 17.7 Å². The first-order valence-electron chi connectivity index (χ1n) is 14.2. The van der Waals surface area contributed by atoms with Gasteiger partial charge in [-0.05, 0) is 70.3 Å². The summed E-state index contributed by atoms with van der Waals surface area (Å²) >= 11 is 7.66. The van der Waals surface area contributed by atoms with Crippen molar-refractivity contribution in [2.24, 2.45) is 0 Å². The number of pyridine rings is 1. The number of hydrogen-bond donors (Lipinski definition) is 1. The number of ether oxygens (including phenoxy) is 1. The van der Waals surface area contributed by atoms with E-state index in [9.17, 15) is 23.3 Å². The van der Waals surface area contributed by atoms with Crippen LogP contribution in [0.1, 0.15) is 33.0 Å². The maximum Gasteiger partial charge on any atom is 0.267 e. The van der Waals surface area contributed by atoms with Gasteiger partial charge in [0.2, 0.25) is 10.0 Å². The average Bonchev–Trinajstić information content (AvgIpc) is 3.40. The number of nitrogens with one attached hydrogen (secondary N) is 1. The number of benzene rings is 2. The molecule has 3 aromatic heterocycles. The molecular weight excluding hydrogens is 648 g/mol. The third kappa shape index (κ3) is 6.90. The van der Waals surface area contributed by atoms with Crippen molar-refractivity contribution in [3.63, 3.8) is 0 Å². The third-order valence-electron chi connectivity index (χ3n) is 7.32. The molecule has 0 aliphatic carbocycles. The Labute approximate surface area is 275 Å². The number of rotatable bonds is 10. The number of likely N-dealkylation sites (N-methyl/N-ethyl adjacent to an activating group) is 1. The number of nitrogens with zero attached hydrogens (tertiary/aromatic N) is 5. The lowest BCUT2D eigenvalue weighted by Gasteiger charge is -2.16. The summed E-state index contributed by atoms with van der Waals surface area (Å²) < 4.78 is 33.8. The zero-order chi connectivity index (χ0) is 33.3. The van der Waals surface area contributed by atoms with Crippen molar-refractivity contribution in [1.29, 1.82) is 5.26 Å². The Balaban J connectivity index is 1.49. The molecule has 0 unspecified atom stereocenters. The first kappa shape index (κ1) is 33.0. The molecule has 0 saturated carbocycles. The van der Waals surface area contributed by atoms with E-state index >= 15 is 0 Å². The summed E-state index contributed by atoms with van der Waals surface area (Å²) in [6.45, 7) is 4.51. The van der Waals surface area contributed by atoms with Gasteiger partial charge < -0.3 is 9.64 Å². The van der Waals surface area contributed by atoms with Crippen LogP contribution in [-0.2, 0) is 23.0 Å². The van der Waals surface area contributed by atoms with Crippen LogP contribution in [0.3, 0.4) is 0 Å². The highest BCUT2D eigenvalue weighted by Gasteiger charge is 2.22. The molecule has 0 bridgehead atoms. The average molecular weight is 679 g/mol. The Morgan fingerprint density at radius 3 is 2.61 bits per heavy atom. The number of hydrogen-bond acceptors (Lipinski definition) is 10. The van der Waals surface area contributed by atoms with Gasteiger partial charge in [0.25, 0.3) is 11.5 Å². The van der Waals surface area contributed by atoms with Gasteiger partial charge >= 0.3 is 0 Å². The quantitative estimate of drug-likeness (QED) is 0.222. The number of nitriles is 1. The molecule has 0 aliphatic rings. The van der Waals surface area contributed by atoms with E-state index in [1.54, 1.807) is 43.5 Å². The Hall–Kier alpha value is -4.35. The van der Waals surface area contributed by atoms with Crippen LogP contribution in [0.25, 0.3) is 32.2 Å². The number of halogens is 1. The van der Waals surface area contributed by atoms with Gasteiger partial charge in [0.1, 0.15) is 24.3 Å². The summed E-state index contributed by atoms with van der Waals surface area (Å²) in [5, 5.41) is 12.3. The lowest BCUT2D eigenvalue weighted by Crippen LogP contribution is -2.29. The van der Waals surface area contributed by atoms with E-state index < -0.39 is 15.9 Å². The summed E-state index contributed by atoms with van der Waals surface area (Å²) in [5.74, 6) is 0.205. The number of aryl methyl sites for hydroxylation is 2. The van der Waals surface area contributed by atoms with E-state index in [4.69, 9.17) is 16.3 Å². The van der Waals surface area contributed by atoms with Crippen molar-refractivity contribution < 1.29 is 17.9 Å². The standard InChI is InChI=1S/C32H31ClN6O5S2/c1-18-14-23(30-29(35-18)25(17-45-30)31(40)37-46(5,42)43)22-15-21(33)7-9-27(22)44-13-12-39-19(2)36-26-8-6-20(10-11-38(3)4)24(16-34)28(26)32(39)41/h6-9,14-15,17H,10-13H2,1-5H3,(H,37,40). The van der Waals surface area contributed by atoms with Crippen molar-refractivity contribution in [3.05, 3.63) is 85.4 Å². The SMILES string of the molecule is Cc1cc(-c2cc(Cl)ccc2OCCn2c(C)nc3ccc(CCN(C)C)c(C#N)c3c2=O)c2scc(C(=O)NS(C)(=O)=O)c2n1. The smallest absolute Gasteiger partial charge is 0.267 e. The number of thiophene rings is 1. The zero-order valence-electron chi connectivity index (χ0n) is 25.8. The van der Waals surface area contributed by atoms with Crippen LogP contribution in [0.15, 0.2) is 46.6 Å². The van der Waals surface area contributed by atoms with E-state index in [1.165, 1.54) is 15.9 Å². The van der Waals surface area contributed by atoms with Crippen LogP contribution in [-0.4, -0.2) is 67.3 Å². The normalized spacial score (nSPS) is 11.7. The lowest BCUT2D eigenvalue weighted by molar-refractivity contribution is 0.0983. The van der Waals surface area contributed by atoms with Gasteiger partial charge in [-0.3, -0.25) is 19.1 Å². The van der Waals surface area contributed by atoms with Crippen LogP contribution < -0.4 is 15.0 Å². The molecule has 5 aromatic rings. The van der Waals surface area contributed by atoms with Gasteiger partial charge in [0, 0.05) is 33.8 Å². The first-order chi connectivity index (χ1) is 21.8. The first-order valence-corrected chi connectivity index (χ1v) is 17.3. The van der Waals surface area contributed by atoms with Crippen LogP contribution in [0.4, 0.5) is 0 Å². The molecule has 0 aliphatic heterocycles. The van der Waals surface area contributed by atoms with Gasteiger partial charge in [-0.2, -0.15) is 5.26 Å². The number of fused-ring (bicyclic) bond motifs is 2. The van der Waals surface area contributed by atoms with Gasteiger partial charge in [-0.25, -0.2) is 18.1 Å². The molecule has 1 amide bonds. The fourth-order valence-corrected chi connectivity index (χ4v) is 6.85. The molecule has 0 saturated heterocycles. The molecule has 0 spiro atoms. The minimum absolute atomic E-state index is 0.102.